The number of hydrogen-bond donors (Lipinski definition) is 0. The van der Waals surface area contributed by atoms with Crippen LogP contribution in [-0.2, 0) is 0 Å². The molecular formula is C6H10Br2Cl2. The summed E-state index contributed by atoms with van der Waals surface area (Å²) in [5.41, 5.74) is 0. The van der Waals surface area contributed by atoms with Crippen LogP contribution in [0.3, 0.4) is 0 Å². The minimum absolute atomic E-state index is 0.390. The van der Waals surface area contributed by atoms with Gasteiger partial charge in [-0.05, 0) is 12.3 Å². The molecule has 0 spiro atoms. The predicted octanol–water partition coefficient (Wildman–Crippen LogP) is 3.63. The van der Waals surface area contributed by atoms with Gasteiger partial charge in [0.05, 0.1) is 0 Å². The zero-order chi connectivity index (χ0) is 7.98. The van der Waals surface area contributed by atoms with Gasteiger partial charge in [-0.25, -0.2) is 0 Å². The molecule has 0 saturated heterocycles. The maximum absolute atomic E-state index is 5.67. The Hall–Kier alpha value is 1.54. The Morgan fingerprint density at radius 1 is 1.20 bits per heavy atom. The molecule has 0 radical (unpaired) electrons. The molecule has 0 aliphatic rings. The molecule has 0 saturated carbocycles. The molecular weight excluding hydrogens is 303 g/mol. The molecule has 0 aliphatic carbocycles. The molecule has 0 N–H and O–H groups in total. The van der Waals surface area contributed by atoms with Gasteiger partial charge in [0, 0.05) is 21.9 Å². The van der Waals surface area contributed by atoms with Crippen LogP contribution in [0.1, 0.15) is 6.42 Å². The average Bonchev–Trinajstić information content (AvgIpc) is 1.91. The van der Waals surface area contributed by atoms with Gasteiger partial charge in [0.15, 0.2) is 0 Å². The lowest BCUT2D eigenvalue weighted by atomic mass is 10.1. The molecule has 10 heavy (non-hydrogen) atoms. The van der Waals surface area contributed by atoms with E-state index in [1.54, 1.807) is 0 Å². The second-order valence-electron chi connectivity index (χ2n) is 2.06. The molecule has 0 aromatic heterocycles. The van der Waals surface area contributed by atoms with Crippen LogP contribution in [0.4, 0.5) is 0 Å². The van der Waals surface area contributed by atoms with Crippen molar-refractivity contribution in [3.8, 4) is 0 Å². The molecule has 0 aliphatic heterocycles. The lowest BCUT2D eigenvalue weighted by Crippen LogP contribution is -2.18. The third-order valence-electron chi connectivity index (χ3n) is 1.29. The molecule has 62 valence electrons. The minimum atomic E-state index is 0.390. The van der Waals surface area contributed by atoms with Crippen molar-refractivity contribution in [2.24, 2.45) is 5.92 Å². The second-order valence-corrected chi connectivity index (χ2v) is 4.65. The van der Waals surface area contributed by atoms with Gasteiger partial charge in [0.2, 0.25) is 0 Å². The highest BCUT2D eigenvalue weighted by molar-refractivity contribution is 9.10. The second kappa shape index (κ2) is 7.20. The van der Waals surface area contributed by atoms with Gasteiger partial charge in [-0.2, -0.15) is 0 Å². The molecule has 0 heterocycles. The van der Waals surface area contributed by atoms with E-state index >= 15 is 0 Å². The van der Waals surface area contributed by atoms with Crippen LogP contribution in [-0.4, -0.2) is 21.9 Å². The lowest BCUT2D eigenvalue weighted by Gasteiger charge is -2.15. The Bertz CT molecular complexity index is 76.1. The number of halogens is 4. The number of hydrogen-bond acceptors (Lipinski definition) is 0. The molecule has 4 heteroatoms. The van der Waals surface area contributed by atoms with E-state index in [-0.39, 0.29) is 0 Å². The van der Waals surface area contributed by atoms with Gasteiger partial charge in [-0.3, -0.25) is 0 Å². The van der Waals surface area contributed by atoms with E-state index in [2.05, 4.69) is 31.9 Å². The molecule has 0 nitrogen and oxygen atoms in total. The summed E-state index contributed by atoms with van der Waals surface area (Å²) in [6, 6.07) is 0. The van der Waals surface area contributed by atoms with E-state index < -0.39 is 0 Å². The van der Waals surface area contributed by atoms with Crippen LogP contribution >= 0.6 is 55.1 Å². The first-order valence-corrected chi connectivity index (χ1v) is 6.18. The highest BCUT2D eigenvalue weighted by Crippen LogP contribution is 2.20. The third-order valence-corrected chi connectivity index (χ3v) is 3.75. The summed E-state index contributed by atoms with van der Waals surface area (Å²) in [5, 5.41) is 0.993. The molecule has 1 unspecified atom stereocenters. The van der Waals surface area contributed by atoms with Crippen molar-refractivity contribution in [2.45, 2.75) is 11.2 Å². The summed E-state index contributed by atoms with van der Waals surface area (Å²) >= 11 is 18.2. The van der Waals surface area contributed by atoms with Crippen molar-refractivity contribution in [3.63, 3.8) is 0 Å². The largest absolute Gasteiger partial charge is 0.126 e. The Morgan fingerprint density at radius 2 is 1.70 bits per heavy atom. The zero-order valence-corrected chi connectivity index (χ0v) is 10.2. The van der Waals surface area contributed by atoms with E-state index in [9.17, 15) is 0 Å². The lowest BCUT2D eigenvalue weighted by molar-refractivity contribution is 0.619. The van der Waals surface area contributed by atoms with Crippen LogP contribution < -0.4 is 0 Å². The Labute approximate surface area is 88.9 Å². The SMILES string of the molecule is ClCC(CCl)C(Br)CCBr. The minimum Gasteiger partial charge on any atom is -0.126 e. The summed E-state index contributed by atoms with van der Waals surface area (Å²) in [7, 11) is 0. The van der Waals surface area contributed by atoms with Crippen LogP contribution in [0, 0.1) is 5.92 Å². The van der Waals surface area contributed by atoms with E-state index in [0.29, 0.717) is 22.5 Å². The van der Waals surface area contributed by atoms with Crippen molar-refractivity contribution >= 4 is 55.1 Å². The zero-order valence-electron chi connectivity index (χ0n) is 5.49. The van der Waals surface area contributed by atoms with Crippen molar-refractivity contribution in [3.05, 3.63) is 0 Å². The van der Waals surface area contributed by atoms with Crippen LogP contribution in [0.25, 0.3) is 0 Å². The van der Waals surface area contributed by atoms with Gasteiger partial charge in [0.25, 0.3) is 0 Å². The standard InChI is InChI=1S/C6H10Br2Cl2/c7-2-1-6(8)5(3-9)4-10/h5-6H,1-4H2. The number of rotatable bonds is 5. The quantitative estimate of drug-likeness (QED) is 0.680. The predicted molar refractivity (Wildman–Crippen MR) is 56.1 cm³/mol. The number of alkyl halides is 4. The van der Waals surface area contributed by atoms with Gasteiger partial charge in [-0.1, -0.05) is 31.9 Å². The fourth-order valence-corrected chi connectivity index (χ4v) is 3.48. The smallest absolute Gasteiger partial charge is 0.0273 e. The Balaban J connectivity index is 3.53. The third kappa shape index (κ3) is 4.42. The van der Waals surface area contributed by atoms with Gasteiger partial charge in [0.1, 0.15) is 0 Å². The Kier molecular flexibility index (Phi) is 8.31. The summed E-state index contributed by atoms with van der Waals surface area (Å²) < 4.78 is 0. The molecule has 0 aromatic rings. The molecule has 0 aromatic carbocycles. The van der Waals surface area contributed by atoms with E-state index in [1.807, 2.05) is 0 Å². The van der Waals surface area contributed by atoms with Gasteiger partial charge in [-0.15, -0.1) is 23.2 Å². The van der Waals surface area contributed by atoms with Crippen LogP contribution in [0.2, 0.25) is 0 Å². The Morgan fingerprint density at radius 3 is 2.00 bits per heavy atom. The monoisotopic (exact) mass is 310 g/mol. The molecule has 0 amide bonds. The van der Waals surface area contributed by atoms with E-state index in [1.165, 1.54) is 0 Å². The summed E-state index contributed by atoms with van der Waals surface area (Å²) in [6.45, 7) is 0. The summed E-state index contributed by atoms with van der Waals surface area (Å²) in [6.07, 6.45) is 1.07. The first kappa shape index (κ1) is 11.5. The maximum Gasteiger partial charge on any atom is 0.0273 e. The average molecular weight is 313 g/mol. The first-order valence-electron chi connectivity index (χ1n) is 3.08. The molecule has 0 bridgehead atoms. The summed E-state index contributed by atoms with van der Waals surface area (Å²) in [5.74, 6) is 1.65. The topological polar surface area (TPSA) is 0 Å². The van der Waals surface area contributed by atoms with Gasteiger partial charge >= 0.3 is 0 Å². The summed E-state index contributed by atoms with van der Waals surface area (Å²) in [4.78, 5) is 0.446. The molecule has 1 atom stereocenters. The van der Waals surface area contributed by atoms with Crippen LogP contribution in [0.15, 0.2) is 0 Å². The van der Waals surface area contributed by atoms with Crippen molar-refractivity contribution in [1.29, 1.82) is 0 Å². The fourth-order valence-electron chi connectivity index (χ4n) is 0.575. The first-order chi connectivity index (χ1) is 4.76. The highest BCUT2D eigenvalue weighted by atomic mass is 79.9. The molecule has 0 fully saturated rings. The highest BCUT2D eigenvalue weighted by Gasteiger charge is 2.15. The van der Waals surface area contributed by atoms with Gasteiger partial charge < -0.3 is 0 Å². The normalized spacial score (nSPS) is 14.1. The van der Waals surface area contributed by atoms with E-state index in [0.717, 1.165) is 11.8 Å². The van der Waals surface area contributed by atoms with Crippen LogP contribution in [0.5, 0.6) is 0 Å². The molecule has 0 rings (SSSR count). The van der Waals surface area contributed by atoms with E-state index in [4.69, 9.17) is 23.2 Å². The maximum atomic E-state index is 5.67. The van der Waals surface area contributed by atoms with Crippen molar-refractivity contribution in [1.82, 2.24) is 0 Å². The van der Waals surface area contributed by atoms with Crippen molar-refractivity contribution < 1.29 is 0 Å². The van der Waals surface area contributed by atoms with Crippen molar-refractivity contribution in [2.75, 3.05) is 17.1 Å². The fraction of sp³-hybridized carbons (Fsp3) is 1.00.